The van der Waals surface area contributed by atoms with E-state index in [9.17, 15) is 9.90 Å². The lowest BCUT2D eigenvalue weighted by Gasteiger charge is -2.24. The zero-order valence-corrected chi connectivity index (χ0v) is 11.6. The summed E-state index contributed by atoms with van der Waals surface area (Å²) in [5.41, 5.74) is 6.85. The molecule has 0 spiro atoms. The van der Waals surface area contributed by atoms with Crippen molar-refractivity contribution in [1.29, 1.82) is 0 Å². The molecule has 20 heavy (non-hydrogen) atoms. The van der Waals surface area contributed by atoms with Crippen LogP contribution in [0.2, 0.25) is 0 Å². The van der Waals surface area contributed by atoms with Crippen molar-refractivity contribution in [3.63, 3.8) is 0 Å². The first-order chi connectivity index (χ1) is 9.41. The second kappa shape index (κ2) is 5.25. The number of benzene rings is 2. The number of rotatable bonds is 3. The van der Waals surface area contributed by atoms with Crippen molar-refractivity contribution in [1.82, 2.24) is 0 Å². The molecule has 104 valence electrons. The number of carbonyl (C=O) groups is 1. The molecule has 0 saturated heterocycles. The number of carbonyl (C=O) groups excluding carboxylic acids is 1. The molecule has 0 heterocycles. The van der Waals surface area contributed by atoms with Gasteiger partial charge in [-0.25, -0.2) is 0 Å². The smallest absolute Gasteiger partial charge is 0.234 e. The lowest BCUT2D eigenvalue weighted by atomic mass is 9.83. The Morgan fingerprint density at radius 1 is 1.10 bits per heavy atom. The highest BCUT2D eigenvalue weighted by atomic mass is 16.3. The van der Waals surface area contributed by atoms with E-state index in [-0.39, 0.29) is 11.7 Å². The van der Waals surface area contributed by atoms with E-state index < -0.39 is 5.41 Å². The molecule has 4 nitrogen and oxygen atoms in total. The van der Waals surface area contributed by atoms with E-state index in [0.717, 1.165) is 5.56 Å². The molecule has 0 aromatic heterocycles. The predicted octanol–water partition coefficient (Wildman–Crippen LogP) is 2.89. The number of para-hydroxylation sites is 2. The van der Waals surface area contributed by atoms with Gasteiger partial charge in [-0.15, -0.1) is 0 Å². The summed E-state index contributed by atoms with van der Waals surface area (Å²) in [5, 5.41) is 12.4. The molecule has 4 heteroatoms. The van der Waals surface area contributed by atoms with E-state index in [1.165, 1.54) is 6.07 Å². The van der Waals surface area contributed by atoms with Crippen LogP contribution < -0.4 is 11.1 Å². The molecule has 2 aromatic rings. The average molecular weight is 270 g/mol. The molecule has 0 aliphatic rings. The summed E-state index contributed by atoms with van der Waals surface area (Å²) in [4.78, 5) is 12.4. The number of nitrogens with one attached hydrogen (secondary N) is 1. The van der Waals surface area contributed by atoms with E-state index in [4.69, 9.17) is 5.73 Å². The van der Waals surface area contributed by atoms with Crippen molar-refractivity contribution in [3.8, 4) is 5.75 Å². The molecule has 0 bridgehead atoms. The van der Waals surface area contributed by atoms with Gasteiger partial charge in [-0.05, 0) is 43.7 Å². The number of hydrogen-bond acceptors (Lipinski definition) is 3. The molecule has 0 radical (unpaired) electrons. The van der Waals surface area contributed by atoms with E-state index in [1.807, 2.05) is 26.0 Å². The first-order valence-corrected chi connectivity index (χ1v) is 6.37. The molecule has 0 aliphatic heterocycles. The van der Waals surface area contributed by atoms with Crippen LogP contribution in [0, 0.1) is 0 Å². The first kappa shape index (κ1) is 13.9. The number of phenolic OH excluding ortho intramolecular Hbond substituents is 1. The molecule has 2 rings (SSSR count). The number of phenols is 1. The van der Waals surface area contributed by atoms with Crippen LogP contribution in [0.5, 0.6) is 5.75 Å². The Morgan fingerprint density at radius 3 is 2.30 bits per heavy atom. The maximum Gasteiger partial charge on any atom is 0.234 e. The second-order valence-electron chi connectivity index (χ2n) is 5.22. The molecule has 4 N–H and O–H groups in total. The molecule has 0 fully saturated rings. The number of nitrogen functional groups attached to an aromatic ring is 1. The number of nitrogens with two attached hydrogens (primary N) is 1. The van der Waals surface area contributed by atoms with Crippen LogP contribution in [0.3, 0.4) is 0 Å². The van der Waals surface area contributed by atoms with Crippen molar-refractivity contribution in [2.45, 2.75) is 19.3 Å². The third-order valence-electron chi connectivity index (χ3n) is 3.35. The summed E-state index contributed by atoms with van der Waals surface area (Å²) < 4.78 is 0. The maximum absolute atomic E-state index is 12.4. The van der Waals surface area contributed by atoms with Crippen LogP contribution in [0.1, 0.15) is 19.4 Å². The van der Waals surface area contributed by atoms with Gasteiger partial charge >= 0.3 is 0 Å². The standard InChI is InChI=1S/C16H18N2O2/c1-16(2,11-7-9-12(17)10-8-11)15(20)18-13-5-3-4-6-14(13)19/h3-10,19H,17H2,1-2H3,(H,18,20). The normalized spacial score (nSPS) is 11.1. The molecule has 1 amide bonds. The van der Waals surface area contributed by atoms with E-state index in [1.54, 1.807) is 30.3 Å². The van der Waals surface area contributed by atoms with E-state index >= 15 is 0 Å². The minimum Gasteiger partial charge on any atom is -0.506 e. The highest BCUT2D eigenvalue weighted by Gasteiger charge is 2.30. The fraction of sp³-hybridized carbons (Fsp3) is 0.188. The lowest BCUT2D eigenvalue weighted by Crippen LogP contribution is -2.34. The lowest BCUT2D eigenvalue weighted by molar-refractivity contribution is -0.120. The molecular formula is C16H18N2O2. The van der Waals surface area contributed by atoms with Gasteiger partial charge in [-0.3, -0.25) is 4.79 Å². The van der Waals surface area contributed by atoms with Crippen molar-refractivity contribution in [3.05, 3.63) is 54.1 Å². The van der Waals surface area contributed by atoms with Gasteiger partial charge in [0.25, 0.3) is 0 Å². The van der Waals surface area contributed by atoms with Gasteiger partial charge < -0.3 is 16.2 Å². The van der Waals surface area contributed by atoms with Crippen LogP contribution >= 0.6 is 0 Å². The second-order valence-corrected chi connectivity index (χ2v) is 5.22. The summed E-state index contributed by atoms with van der Waals surface area (Å²) in [7, 11) is 0. The summed E-state index contributed by atoms with van der Waals surface area (Å²) in [6.07, 6.45) is 0. The van der Waals surface area contributed by atoms with Gasteiger partial charge in [-0.1, -0.05) is 24.3 Å². The van der Waals surface area contributed by atoms with Crippen molar-refractivity contribution in [2.75, 3.05) is 11.1 Å². The molecule has 0 saturated carbocycles. The zero-order valence-electron chi connectivity index (χ0n) is 11.6. The predicted molar refractivity (Wildman–Crippen MR) is 80.6 cm³/mol. The number of amides is 1. The Morgan fingerprint density at radius 2 is 1.70 bits per heavy atom. The topological polar surface area (TPSA) is 75.3 Å². The van der Waals surface area contributed by atoms with E-state index in [0.29, 0.717) is 11.4 Å². The largest absolute Gasteiger partial charge is 0.506 e. The molecule has 0 atom stereocenters. The first-order valence-electron chi connectivity index (χ1n) is 6.37. The van der Waals surface area contributed by atoms with E-state index in [2.05, 4.69) is 5.32 Å². The monoisotopic (exact) mass is 270 g/mol. The van der Waals surface area contributed by atoms with Gasteiger partial charge in [-0.2, -0.15) is 0 Å². The molecule has 2 aromatic carbocycles. The quantitative estimate of drug-likeness (QED) is 0.593. The summed E-state index contributed by atoms with van der Waals surface area (Å²) in [5.74, 6) is -0.141. The number of aromatic hydroxyl groups is 1. The Kier molecular flexibility index (Phi) is 3.66. The number of hydrogen-bond donors (Lipinski definition) is 3. The Balaban J connectivity index is 2.23. The van der Waals surface area contributed by atoms with Crippen LogP contribution in [0.4, 0.5) is 11.4 Å². The minimum absolute atomic E-state index is 0.0500. The summed E-state index contributed by atoms with van der Waals surface area (Å²) in [6.45, 7) is 3.65. The van der Waals surface area contributed by atoms with Gasteiger partial charge in [0.05, 0.1) is 11.1 Å². The fourth-order valence-electron chi connectivity index (χ4n) is 1.89. The van der Waals surface area contributed by atoms with Gasteiger partial charge in [0.1, 0.15) is 5.75 Å². The number of anilines is 2. The van der Waals surface area contributed by atoms with Gasteiger partial charge in [0, 0.05) is 5.69 Å². The molecule has 0 unspecified atom stereocenters. The highest BCUT2D eigenvalue weighted by molar-refractivity contribution is 5.99. The minimum atomic E-state index is -0.726. The maximum atomic E-state index is 12.4. The van der Waals surface area contributed by atoms with Crippen molar-refractivity contribution in [2.24, 2.45) is 0 Å². The fourth-order valence-corrected chi connectivity index (χ4v) is 1.89. The SMILES string of the molecule is CC(C)(C(=O)Nc1ccccc1O)c1ccc(N)cc1. The molecule has 0 aliphatic carbocycles. The van der Waals surface area contributed by atoms with Crippen LogP contribution in [-0.2, 0) is 10.2 Å². The van der Waals surface area contributed by atoms with Crippen LogP contribution in [-0.4, -0.2) is 11.0 Å². The summed E-state index contributed by atoms with van der Waals surface area (Å²) >= 11 is 0. The Labute approximate surface area is 118 Å². The zero-order chi connectivity index (χ0) is 14.8. The molecular weight excluding hydrogens is 252 g/mol. The van der Waals surface area contributed by atoms with Crippen molar-refractivity contribution >= 4 is 17.3 Å². The van der Waals surface area contributed by atoms with Crippen LogP contribution in [0.25, 0.3) is 0 Å². The van der Waals surface area contributed by atoms with Gasteiger partial charge in [0.2, 0.25) is 5.91 Å². The van der Waals surface area contributed by atoms with Crippen molar-refractivity contribution < 1.29 is 9.90 Å². The van der Waals surface area contributed by atoms with Gasteiger partial charge in [0.15, 0.2) is 0 Å². The Bertz CT molecular complexity index is 619. The third kappa shape index (κ3) is 2.74. The third-order valence-corrected chi connectivity index (χ3v) is 3.35. The highest BCUT2D eigenvalue weighted by Crippen LogP contribution is 2.28. The Hall–Kier alpha value is -2.49. The van der Waals surface area contributed by atoms with Crippen LogP contribution in [0.15, 0.2) is 48.5 Å². The summed E-state index contributed by atoms with van der Waals surface area (Å²) in [6, 6.07) is 13.9. The average Bonchev–Trinajstić information content (AvgIpc) is 2.41.